The van der Waals surface area contributed by atoms with Crippen LogP contribution < -0.4 is 16.2 Å². The number of aromatic nitrogens is 2. The van der Waals surface area contributed by atoms with Crippen LogP contribution in [-0.2, 0) is 16.1 Å². The van der Waals surface area contributed by atoms with Gasteiger partial charge in [-0.3, -0.25) is 19.0 Å². The average molecular weight is 497 g/mol. The third kappa shape index (κ3) is 4.73. The van der Waals surface area contributed by atoms with E-state index >= 15 is 0 Å². The number of amides is 2. The lowest BCUT2D eigenvalue weighted by molar-refractivity contribution is -0.124. The Bertz CT molecular complexity index is 1320. The zero-order valence-corrected chi connectivity index (χ0v) is 18.6. The molecule has 2 amide bonds. The Morgan fingerprint density at radius 3 is 2.55 bits per heavy atom. The highest BCUT2D eigenvalue weighted by Crippen LogP contribution is 2.30. The molecule has 2 N–H and O–H groups in total. The number of anilines is 1. The number of hydrogen-bond acceptors (Lipinski definition) is 5. The SMILES string of the molecule is O=C(Cn1cnc2scc(-c3ccccc3)c2c1=O)NCC(=O)Nc1ccccc1Br. The third-order valence-electron chi connectivity index (χ3n) is 4.55. The minimum Gasteiger partial charge on any atom is -0.345 e. The number of rotatable bonds is 6. The van der Waals surface area contributed by atoms with Crippen LogP contribution in [0, 0.1) is 0 Å². The molecule has 2 heterocycles. The Hall–Kier alpha value is -3.30. The molecule has 0 atom stereocenters. The van der Waals surface area contributed by atoms with E-state index in [-0.39, 0.29) is 24.6 Å². The number of thiophene rings is 1. The molecule has 2 aromatic heterocycles. The smallest absolute Gasteiger partial charge is 0.263 e. The number of nitrogens with zero attached hydrogens (tertiary/aromatic N) is 2. The Balaban J connectivity index is 1.45. The number of fused-ring (bicyclic) bond motifs is 1. The maximum atomic E-state index is 13.0. The van der Waals surface area contributed by atoms with Crippen molar-refractivity contribution in [3.8, 4) is 11.1 Å². The van der Waals surface area contributed by atoms with E-state index in [1.165, 1.54) is 22.2 Å². The molecule has 7 nitrogen and oxygen atoms in total. The van der Waals surface area contributed by atoms with Crippen molar-refractivity contribution in [2.24, 2.45) is 0 Å². The highest BCUT2D eigenvalue weighted by molar-refractivity contribution is 9.10. The van der Waals surface area contributed by atoms with Crippen molar-refractivity contribution in [1.29, 1.82) is 0 Å². The molecular weight excluding hydrogens is 480 g/mol. The summed E-state index contributed by atoms with van der Waals surface area (Å²) >= 11 is 4.73. The minimum absolute atomic E-state index is 0.210. The van der Waals surface area contributed by atoms with E-state index in [0.717, 1.165) is 15.6 Å². The van der Waals surface area contributed by atoms with Gasteiger partial charge in [0.05, 0.1) is 23.9 Å². The van der Waals surface area contributed by atoms with Crippen LogP contribution in [0.3, 0.4) is 0 Å². The first kappa shape index (κ1) is 21.0. The topological polar surface area (TPSA) is 93.1 Å². The predicted octanol–water partition coefficient (Wildman–Crippen LogP) is 3.64. The van der Waals surface area contributed by atoms with Gasteiger partial charge < -0.3 is 10.6 Å². The second-order valence-corrected chi connectivity index (χ2v) is 8.39. The van der Waals surface area contributed by atoms with Gasteiger partial charge in [0, 0.05) is 15.4 Å². The Morgan fingerprint density at radius 2 is 1.77 bits per heavy atom. The van der Waals surface area contributed by atoms with Crippen LogP contribution in [-0.4, -0.2) is 27.9 Å². The molecule has 0 aliphatic carbocycles. The average Bonchev–Trinajstić information content (AvgIpc) is 3.21. The molecule has 9 heteroatoms. The molecule has 31 heavy (non-hydrogen) atoms. The number of carbonyl (C=O) groups excluding carboxylic acids is 2. The van der Waals surface area contributed by atoms with E-state index in [9.17, 15) is 14.4 Å². The summed E-state index contributed by atoms with van der Waals surface area (Å²) in [6.07, 6.45) is 1.36. The lowest BCUT2D eigenvalue weighted by Gasteiger charge is -2.09. The van der Waals surface area contributed by atoms with E-state index in [4.69, 9.17) is 0 Å². The standard InChI is InChI=1S/C22H17BrN4O3S/c23-16-8-4-5-9-17(16)26-18(28)10-24-19(29)11-27-13-25-21-20(22(27)30)15(12-31-21)14-6-2-1-3-7-14/h1-9,12-13H,10-11H2,(H,24,29)(H,26,28). The van der Waals surface area contributed by atoms with Crippen molar-refractivity contribution < 1.29 is 9.59 Å². The van der Waals surface area contributed by atoms with Crippen molar-refractivity contribution in [3.63, 3.8) is 0 Å². The zero-order valence-electron chi connectivity index (χ0n) is 16.2. The number of hydrogen-bond donors (Lipinski definition) is 2. The number of carbonyl (C=O) groups is 2. The largest absolute Gasteiger partial charge is 0.345 e. The molecule has 0 unspecified atom stereocenters. The summed E-state index contributed by atoms with van der Waals surface area (Å²) in [6.45, 7) is -0.438. The van der Waals surface area contributed by atoms with Crippen LogP contribution in [0.4, 0.5) is 5.69 Å². The van der Waals surface area contributed by atoms with Gasteiger partial charge in [-0.2, -0.15) is 0 Å². The van der Waals surface area contributed by atoms with Gasteiger partial charge in [0.15, 0.2) is 0 Å². The predicted molar refractivity (Wildman–Crippen MR) is 125 cm³/mol. The van der Waals surface area contributed by atoms with E-state index in [0.29, 0.717) is 15.9 Å². The van der Waals surface area contributed by atoms with Crippen molar-refractivity contribution in [1.82, 2.24) is 14.9 Å². The molecule has 0 bridgehead atoms. The van der Waals surface area contributed by atoms with E-state index in [2.05, 4.69) is 31.5 Å². The summed E-state index contributed by atoms with van der Waals surface area (Å²) in [5.74, 6) is -0.826. The summed E-state index contributed by atoms with van der Waals surface area (Å²) in [4.78, 5) is 42.4. The normalized spacial score (nSPS) is 10.7. The number of halogens is 1. The van der Waals surface area contributed by atoms with E-state index < -0.39 is 5.91 Å². The molecule has 0 aliphatic heterocycles. The lowest BCUT2D eigenvalue weighted by Crippen LogP contribution is -2.37. The summed E-state index contributed by atoms with van der Waals surface area (Å²) in [7, 11) is 0. The van der Waals surface area contributed by atoms with Crippen LogP contribution in [0.5, 0.6) is 0 Å². The van der Waals surface area contributed by atoms with Gasteiger partial charge in [0.25, 0.3) is 5.56 Å². The summed E-state index contributed by atoms with van der Waals surface area (Å²) in [5.41, 5.74) is 2.02. The van der Waals surface area contributed by atoms with E-state index in [1.54, 1.807) is 18.2 Å². The van der Waals surface area contributed by atoms with Gasteiger partial charge in [-0.15, -0.1) is 11.3 Å². The van der Waals surface area contributed by atoms with Crippen LogP contribution in [0.25, 0.3) is 21.3 Å². The van der Waals surface area contributed by atoms with Crippen molar-refractivity contribution in [2.75, 3.05) is 11.9 Å². The molecule has 0 spiro atoms. The monoisotopic (exact) mass is 496 g/mol. The molecule has 2 aromatic carbocycles. The number of benzene rings is 2. The zero-order chi connectivity index (χ0) is 21.8. The summed E-state index contributed by atoms with van der Waals surface area (Å²) in [5, 5.41) is 7.62. The highest BCUT2D eigenvalue weighted by atomic mass is 79.9. The number of para-hydroxylation sites is 1. The molecule has 4 aromatic rings. The lowest BCUT2D eigenvalue weighted by atomic mass is 10.1. The van der Waals surface area contributed by atoms with Crippen LogP contribution in [0.15, 0.2) is 75.6 Å². The molecule has 0 aliphatic rings. The third-order valence-corrected chi connectivity index (χ3v) is 6.13. The van der Waals surface area contributed by atoms with Gasteiger partial charge >= 0.3 is 0 Å². The second kappa shape index (κ2) is 9.23. The molecule has 0 radical (unpaired) electrons. The Kier molecular flexibility index (Phi) is 6.24. The van der Waals surface area contributed by atoms with Crippen molar-refractivity contribution in [3.05, 3.63) is 81.1 Å². The van der Waals surface area contributed by atoms with Gasteiger partial charge in [0.1, 0.15) is 11.4 Å². The first-order chi connectivity index (χ1) is 15.0. The summed E-state index contributed by atoms with van der Waals surface area (Å²) in [6, 6.07) is 16.7. The Morgan fingerprint density at radius 1 is 1.03 bits per heavy atom. The van der Waals surface area contributed by atoms with Crippen molar-refractivity contribution in [2.45, 2.75) is 6.54 Å². The fourth-order valence-electron chi connectivity index (χ4n) is 3.06. The van der Waals surface area contributed by atoms with Gasteiger partial charge in [0.2, 0.25) is 11.8 Å². The van der Waals surface area contributed by atoms with Crippen LogP contribution >= 0.6 is 27.3 Å². The first-order valence-corrected chi connectivity index (χ1v) is 11.0. The first-order valence-electron chi connectivity index (χ1n) is 9.36. The van der Waals surface area contributed by atoms with Crippen LogP contribution in [0.2, 0.25) is 0 Å². The summed E-state index contributed by atoms with van der Waals surface area (Å²) < 4.78 is 1.99. The second-order valence-electron chi connectivity index (χ2n) is 6.68. The fraction of sp³-hybridized carbons (Fsp3) is 0.0909. The van der Waals surface area contributed by atoms with Crippen LogP contribution in [0.1, 0.15) is 0 Å². The molecule has 156 valence electrons. The fourth-order valence-corrected chi connectivity index (χ4v) is 4.35. The Labute approximate surface area is 189 Å². The van der Waals surface area contributed by atoms with E-state index in [1.807, 2.05) is 41.8 Å². The number of nitrogens with one attached hydrogen (secondary N) is 2. The quantitative estimate of drug-likeness (QED) is 0.426. The van der Waals surface area contributed by atoms with Gasteiger partial charge in [-0.1, -0.05) is 42.5 Å². The maximum Gasteiger partial charge on any atom is 0.263 e. The molecule has 0 saturated heterocycles. The minimum atomic E-state index is -0.456. The molecule has 0 fully saturated rings. The molecular formula is C22H17BrN4O3S. The molecule has 0 saturated carbocycles. The van der Waals surface area contributed by atoms with Gasteiger partial charge in [-0.25, -0.2) is 4.98 Å². The van der Waals surface area contributed by atoms with Crippen molar-refractivity contribution >= 4 is 55.0 Å². The van der Waals surface area contributed by atoms with Gasteiger partial charge in [-0.05, 0) is 33.6 Å². The maximum absolute atomic E-state index is 13.0. The molecule has 4 rings (SSSR count). The highest BCUT2D eigenvalue weighted by Gasteiger charge is 2.15.